The number of carbonyl (C=O) groups is 1. The molecule has 0 spiro atoms. The largest absolute Gasteiger partial charge is 0.462 e. The lowest BCUT2D eigenvalue weighted by Gasteiger charge is -2.46. The van der Waals surface area contributed by atoms with E-state index in [9.17, 15) is 15.0 Å². The van der Waals surface area contributed by atoms with Crippen molar-refractivity contribution >= 4 is 5.97 Å². The van der Waals surface area contributed by atoms with Gasteiger partial charge in [0.2, 0.25) is 0 Å². The number of aliphatic hydroxyl groups excluding tert-OH is 2. The van der Waals surface area contributed by atoms with Crippen LogP contribution in [0, 0.1) is 29.6 Å². The Morgan fingerprint density at radius 1 is 1.13 bits per heavy atom. The van der Waals surface area contributed by atoms with E-state index in [4.69, 9.17) is 4.74 Å². The lowest BCUT2D eigenvalue weighted by molar-refractivity contribution is -0.160. The van der Waals surface area contributed by atoms with Gasteiger partial charge >= 0.3 is 5.97 Å². The Morgan fingerprint density at radius 2 is 1.91 bits per heavy atom. The summed E-state index contributed by atoms with van der Waals surface area (Å²) in [5.74, 6) is 1.99. The quantitative estimate of drug-likeness (QED) is 0.619. The summed E-state index contributed by atoms with van der Waals surface area (Å²) in [4.78, 5) is 11.5. The molecule has 1 aliphatic heterocycles. The standard InChI is InChI=1S/C19H30O4/c1-11-7-13-4-3-12(2)16(19(13)17(21)8-11)6-5-15-9-14(20)10-18(22)23-15/h3-4,11-17,19-21H,5-10H2,1-2H3/t11-,12-,13?,14+,15+,16-,17-,19-/m0/s1. The lowest BCUT2D eigenvalue weighted by atomic mass is 9.61. The fourth-order valence-corrected chi connectivity index (χ4v) is 5.07. The van der Waals surface area contributed by atoms with Gasteiger partial charge in [0.15, 0.2) is 0 Å². The highest BCUT2D eigenvalue weighted by atomic mass is 16.5. The third-order valence-corrected chi connectivity index (χ3v) is 6.15. The van der Waals surface area contributed by atoms with Crippen molar-refractivity contribution in [3.8, 4) is 0 Å². The summed E-state index contributed by atoms with van der Waals surface area (Å²) in [6, 6.07) is 0. The number of aliphatic hydroxyl groups is 2. The highest BCUT2D eigenvalue weighted by Gasteiger charge is 2.42. The summed E-state index contributed by atoms with van der Waals surface area (Å²) in [5, 5.41) is 20.4. The van der Waals surface area contributed by atoms with Gasteiger partial charge in [-0.25, -0.2) is 0 Å². The Morgan fingerprint density at radius 3 is 2.65 bits per heavy atom. The van der Waals surface area contributed by atoms with E-state index in [1.54, 1.807) is 0 Å². The molecule has 2 aliphatic carbocycles. The maximum atomic E-state index is 11.5. The third kappa shape index (κ3) is 3.80. The fraction of sp³-hybridized carbons (Fsp3) is 0.842. The Hall–Kier alpha value is -0.870. The van der Waals surface area contributed by atoms with E-state index in [1.165, 1.54) is 6.42 Å². The number of allylic oxidation sites excluding steroid dienone is 2. The summed E-state index contributed by atoms with van der Waals surface area (Å²) in [6.45, 7) is 4.45. The zero-order chi connectivity index (χ0) is 16.6. The molecule has 4 heteroatoms. The molecular weight excluding hydrogens is 292 g/mol. The molecule has 0 aromatic carbocycles. The summed E-state index contributed by atoms with van der Waals surface area (Å²) >= 11 is 0. The van der Waals surface area contributed by atoms with Crippen molar-refractivity contribution in [1.29, 1.82) is 0 Å². The van der Waals surface area contributed by atoms with Crippen LogP contribution < -0.4 is 0 Å². The van der Waals surface area contributed by atoms with Crippen LogP contribution in [0.3, 0.4) is 0 Å². The van der Waals surface area contributed by atoms with Gasteiger partial charge in [-0.05, 0) is 55.3 Å². The molecule has 1 saturated heterocycles. The van der Waals surface area contributed by atoms with Crippen molar-refractivity contribution in [2.45, 2.75) is 70.7 Å². The molecular formula is C19H30O4. The molecule has 0 bridgehead atoms. The van der Waals surface area contributed by atoms with Crippen molar-refractivity contribution in [3.63, 3.8) is 0 Å². The third-order valence-electron chi connectivity index (χ3n) is 6.15. The maximum absolute atomic E-state index is 11.5. The Balaban J connectivity index is 1.64. The molecule has 130 valence electrons. The first-order valence-corrected chi connectivity index (χ1v) is 9.18. The van der Waals surface area contributed by atoms with Crippen molar-refractivity contribution in [2.24, 2.45) is 29.6 Å². The number of rotatable bonds is 3. The summed E-state index contributed by atoms with van der Waals surface area (Å²) < 4.78 is 5.38. The van der Waals surface area contributed by atoms with Crippen LogP contribution >= 0.6 is 0 Å². The molecule has 0 aromatic rings. The van der Waals surface area contributed by atoms with E-state index < -0.39 is 6.10 Å². The minimum Gasteiger partial charge on any atom is -0.462 e. The van der Waals surface area contributed by atoms with Gasteiger partial charge in [0, 0.05) is 6.42 Å². The Bertz CT molecular complexity index is 460. The number of cyclic esters (lactones) is 1. The molecule has 8 atom stereocenters. The Kier molecular flexibility index (Phi) is 5.12. The second kappa shape index (κ2) is 6.94. The van der Waals surface area contributed by atoms with E-state index in [2.05, 4.69) is 26.0 Å². The molecule has 2 fully saturated rings. The highest BCUT2D eigenvalue weighted by Crippen LogP contribution is 2.46. The van der Waals surface area contributed by atoms with Gasteiger partial charge in [-0.1, -0.05) is 26.0 Å². The monoisotopic (exact) mass is 322 g/mol. The minimum atomic E-state index is -0.557. The van der Waals surface area contributed by atoms with Gasteiger partial charge in [-0.15, -0.1) is 0 Å². The second-order valence-corrected chi connectivity index (χ2v) is 8.08. The summed E-state index contributed by atoms with van der Waals surface area (Å²) in [7, 11) is 0. The predicted octanol–water partition coefficient (Wildman–Crippen LogP) is 2.68. The summed E-state index contributed by atoms with van der Waals surface area (Å²) in [5.41, 5.74) is 0. The molecule has 1 saturated carbocycles. The van der Waals surface area contributed by atoms with Crippen molar-refractivity contribution in [2.75, 3.05) is 0 Å². The number of fused-ring (bicyclic) bond motifs is 1. The van der Waals surface area contributed by atoms with Gasteiger partial charge in [-0.2, -0.15) is 0 Å². The minimum absolute atomic E-state index is 0.125. The number of carbonyl (C=O) groups excluding carboxylic acids is 1. The molecule has 1 unspecified atom stereocenters. The first kappa shape index (κ1) is 17.0. The van der Waals surface area contributed by atoms with Gasteiger partial charge in [0.05, 0.1) is 18.6 Å². The smallest absolute Gasteiger partial charge is 0.308 e. The molecule has 0 aromatic heterocycles. The van der Waals surface area contributed by atoms with Crippen LogP contribution in [0.15, 0.2) is 12.2 Å². The SMILES string of the molecule is C[C@H]1CC2C=C[C@H](C)[C@H](CC[C@@H]3C[C@@H](O)CC(=O)O3)[C@H]2[C@@H](O)C1. The number of hydrogen-bond donors (Lipinski definition) is 2. The van der Waals surface area contributed by atoms with E-state index in [-0.39, 0.29) is 24.6 Å². The van der Waals surface area contributed by atoms with Gasteiger partial charge < -0.3 is 14.9 Å². The van der Waals surface area contributed by atoms with Gasteiger partial charge in [0.25, 0.3) is 0 Å². The van der Waals surface area contributed by atoms with Crippen LogP contribution in [0.2, 0.25) is 0 Å². The number of hydrogen-bond acceptors (Lipinski definition) is 4. The van der Waals surface area contributed by atoms with Crippen LogP contribution in [-0.2, 0) is 9.53 Å². The normalized spacial score (nSPS) is 47.0. The van der Waals surface area contributed by atoms with E-state index in [0.717, 1.165) is 19.3 Å². The number of esters is 1. The van der Waals surface area contributed by atoms with E-state index in [1.807, 2.05) is 0 Å². The van der Waals surface area contributed by atoms with Crippen LogP contribution in [0.4, 0.5) is 0 Å². The average Bonchev–Trinajstić information content (AvgIpc) is 2.45. The van der Waals surface area contributed by atoms with Crippen LogP contribution in [0.5, 0.6) is 0 Å². The first-order chi connectivity index (χ1) is 10.9. The molecule has 0 radical (unpaired) electrons. The molecule has 23 heavy (non-hydrogen) atoms. The second-order valence-electron chi connectivity index (χ2n) is 8.08. The van der Waals surface area contributed by atoms with E-state index >= 15 is 0 Å². The maximum Gasteiger partial charge on any atom is 0.308 e. The van der Waals surface area contributed by atoms with Crippen LogP contribution in [0.1, 0.15) is 52.4 Å². The highest BCUT2D eigenvalue weighted by molar-refractivity contribution is 5.70. The molecule has 0 amide bonds. The van der Waals surface area contributed by atoms with Crippen LogP contribution in [0.25, 0.3) is 0 Å². The molecule has 2 N–H and O–H groups in total. The van der Waals surface area contributed by atoms with Crippen molar-refractivity contribution in [1.82, 2.24) is 0 Å². The zero-order valence-corrected chi connectivity index (χ0v) is 14.2. The lowest BCUT2D eigenvalue weighted by Crippen LogP contribution is -2.44. The first-order valence-electron chi connectivity index (χ1n) is 9.18. The van der Waals surface area contributed by atoms with Crippen molar-refractivity contribution < 1.29 is 19.7 Å². The predicted molar refractivity (Wildman–Crippen MR) is 87.5 cm³/mol. The van der Waals surface area contributed by atoms with Gasteiger partial charge in [0.1, 0.15) is 6.10 Å². The topological polar surface area (TPSA) is 66.8 Å². The zero-order valence-electron chi connectivity index (χ0n) is 14.2. The fourth-order valence-electron chi connectivity index (χ4n) is 5.07. The molecule has 3 aliphatic rings. The Labute approximate surface area is 138 Å². The molecule has 4 nitrogen and oxygen atoms in total. The molecule has 1 heterocycles. The average molecular weight is 322 g/mol. The summed E-state index contributed by atoms with van der Waals surface area (Å²) in [6.07, 6.45) is 8.15. The molecule has 3 rings (SSSR count). The van der Waals surface area contributed by atoms with E-state index in [0.29, 0.717) is 36.0 Å². The van der Waals surface area contributed by atoms with Gasteiger partial charge in [-0.3, -0.25) is 4.79 Å². The number of ether oxygens (including phenoxy) is 1. The van der Waals surface area contributed by atoms with Crippen molar-refractivity contribution in [3.05, 3.63) is 12.2 Å². The van der Waals surface area contributed by atoms with Crippen LogP contribution in [-0.4, -0.2) is 34.5 Å².